The third-order valence-electron chi connectivity index (χ3n) is 1.64. The lowest BCUT2D eigenvalue weighted by molar-refractivity contribution is 1.02. The van der Waals surface area contributed by atoms with Crippen molar-refractivity contribution in [1.29, 1.82) is 0 Å². The second-order valence-corrected chi connectivity index (χ2v) is 2.52. The zero-order chi connectivity index (χ0) is 7.68. The van der Waals surface area contributed by atoms with Gasteiger partial charge in [0, 0.05) is 13.1 Å². The number of pyridine rings is 1. The molecule has 0 saturated heterocycles. The molecule has 2 heterocycles. The fraction of sp³-hybridized carbons (Fsp3) is 0.286. The normalized spacial score (nSPS) is 13.3. The van der Waals surface area contributed by atoms with Crippen molar-refractivity contribution in [2.45, 2.75) is 0 Å². The van der Waals surface area contributed by atoms with Crippen LogP contribution in [0.15, 0.2) is 12.3 Å². The molecule has 1 aromatic rings. The van der Waals surface area contributed by atoms with Gasteiger partial charge in [0.15, 0.2) is 0 Å². The van der Waals surface area contributed by atoms with Crippen LogP contribution in [0, 0.1) is 0 Å². The van der Waals surface area contributed by atoms with Crippen molar-refractivity contribution >= 4 is 29.6 Å². The maximum absolute atomic E-state index is 5.55. The lowest BCUT2D eigenvalue weighted by Crippen LogP contribution is -2.21. The Hall–Kier alpha value is -1.16. The van der Waals surface area contributed by atoms with Crippen LogP contribution in [-0.4, -0.2) is 18.1 Å². The van der Waals surface area contributed by atoms with E-state index in [9.17, 15) is 0 Å². The number of fused-ring (bicyclic) bond motifs is 1. The van der Waals surface area contributed by atoms with Crippen LogP contribution in [0.25, 0.3) is 0 Å². The summed E-state index contributed by atoms with van der Waals surface area (Å²) < 4.78 is 0. The molecule has 1 aromatic heterocycles. The molecule has 2 rings (SSSR count). The van der Waals surface area contributed by atoms with Crippen molar-refractivity contribution in [2.24, 2.45) is 0 Å². The molecule has 0 aromatic carbocycles. The van der Waals surface area contributed by atoms with Gasteiger partial charge in [-0.2, -0.15) is 0 Å². The fourth-order valence-electron chi connectivity index (χ4n) is 1.13. The summed E-state index contributed by atoms with van der Waals surface area (Å²) in [4.78, 5) is 4.12. The summed E-state index contributed by atoms with van der Waals surface area (Å²) in [6, 6.07) is 1.88. The molecule has 4 nitrogen and oxygen atoms in total. The molecule has 66 valence electrons. The Morgan fingerprint density at radius 3 is 2.92 bits per heavy atom. The largest absolute Gasteiger partial charge is 0.397 e. The minimum absolute atomic E-state index is 0. The van der Waals surface area contributed by atoms with Crippen molar-refractivity contribution in [3.8, 4) is 0 Å². The van der Waals surface area contributed by atoms with E-state index in [0.717, 1.165) is 24.6 Å². The number of anilines is 3. The van der Waals surface area contributed by atoms with Crippen LogP contribution in [0.5, 0.6) is 0 Å². The third-order valence-corrected chi connectivity index (χ3v) is 1.64. The molecule has 0 amide bonds. The second-order valence-electron chi connectivity index (χ2n) is 2.52. The Labute approximate surface area is 77.0 Å². The maximum Gasteiger partial charge on any atom is 0.149 e. The highest BCUT2D eigenvalue weighted by Crippen LogP contribution is 2.22. The molecule has 0 saturated carbocycles. The molecule has 0 fully saturated rings. The van der Waals surface area contributed by atoms with Crippen molar-refractivity contribution < 1.29 is 0 Å². The van der Waals surface area contributed by atoms with Crippen molar-refractivity contribution in [2.75, 3.05) is 29.5 Å². The highest BCUT2D eigenvalue weighted by Gasteiger charge is 2.07. The van der Waals surface area contributed by atoms with E-state index >= 15 is 0 Å². The maximum atomic E-state index is 5.55. The molecule has 0 radical (unpaired) electrons. The molecule has 1 aliphatic rings. The van der Waals surface area contributed by atoms with Gasteiger partial charge in [0.25, 0.3) is 0 Å². The molecule has 1 aliphatic heterocycles. The summed E-state index contributed by atoms with van der Waals surface area (Å²) in [7, 11) is 0. The van der Waals surface area contributed by atoms with E-state index in [1.165, 1.54) is 0 Å². The number of nitrogens with two attached hydrogens (primary N) is 1. The van der Waals surface area contributed by atoms with E-state index in [-0.39, 0.29) is 12.4 Å². The van der Waals surface area contributed by atoms with Crippen LogP contribution < -0.4 is 16.4 Å². The van der Waals surface area contributed by atoms with E-state index in [0.29, 0.717) is 5.69 Å². The monoisotopic (exact) mass is 186 g/mol. The standard InChI is InChI=1S/C7H10N4.ClH/c8-5-3-6-7(11-4-5)10-2-1-9-6;/h3-4,9H,1-2,8H2,(H,10,11);1H. The summed E-state index contributed by atoms with van der Waals surface area (Å²) in [6.45, 7) is 1.85. The topological polar surface area (TPSA) is 63.0 Å². The first-order valence-electron chi connectivity index (χ1n) is 3.59. The average molecular weight is 187 g/mol. The Kier molecular flexibility index (Phi) is 2.60. The van der Waals surface area contributed by atoms with Crippen LogP contribution in [-0.2, 0) is 0 Å². The molecule has 12 heavy (non-hydrogen) atoms. The Bertz CT molecular complexity index is 276. The zero-order valence-electron chi connectivity index (χ0n) is 6.50. The third kappa shape index (κ3) is 1.53. The number of halogens is 1. The number of aromatic nitrogens is 1. The number of nitrogen functional groups attached to an aromatic ring is 1. The predicted octanol–water partition coefficient (Wildman–Crippen LogP) is 0.923. The van der Waals surface area contributed by atoms with Gasteiger partial charge in [0.1, 0.15) is 5.82 Å². The lowest BCUT2D eigenvalue weighted by Gasteiger charge is -2.18. The van der Waals surface area contributed by atoms with Gasteiger partial charge in [-0.3, -0.25) is 0 Å². The SMILES string of the molecule is Cl.Nc1cnc2c(c1)NCCN2. The van der Waals surface area contributed by atoms with E-state index in [4.69, 9.17) is 5.73 Å². The summed E-state index contributed by atoms with van der Waals surface area (Å²) in [5.74, 6) is 0.894. The summed E-state index contributed by atoms with van der Waals surface area (Å²) in [6.07, 6.45) is 1.65. The van der Waals surface area contributed by atoms with Gasteiger partial charge in [-0.25, -0.2) is 4.98 Å². The van der Waals surface area contributed by atoms with Crippen molar-refractivity contribution in [3.05, 3.63) is 12.3 Å². The van der Waals surface area contributed by atoms with Gasteiger partial charge in [-0.15, -0.1) is 12.4 Å². The highest BCUT2D eigenvalue weighted by atomic mass is 35.5. The van der Waals surface area contributed by atoms with Crippen molar-refractivity contribution in [1.82, 2.24) is 4.98 Å². The molecule has 0 aliphatic carbocycles. The smallest absolute Gasteiger partial charge is 0.149 e. The average Bonchev–Trinajstić information content (AvgIpc) is 2.04. The minimum Gasteiger partial charge on any atom is -0.397 e. The fourth-order valence-corrected chi connectivity index (χ4v) is 1.13. The Morgan fingerprint density at radius 2 is 2.08 bits per heavy atom. The van der Waals surface area contributed by atoms with Gasteiger partial charge in [-0.05, 0) is 6.07 Å². The van der Waals surface area contributed by atoms with Crippen LogP contribution in [0.4, 0.5) is 17.2 Å². The number of hydrogen-bond donors (Lipinski definition) is 3. The van der Waals surface area contributed by atoms with Gasteiger partial charge in [0.05, 0.1) is 17.6 Å². The number of nitrogens with zero attached hydrogens (tertiary/aromatic N) is 1. The number of hydrogen-bond acceptors (Lipinski definition) is 4. The summed E-state index contributed by atoms with van der Waals surface area (Å²) >= 11 is 0. The first kappa shape index (κ1) is 8.93. The molecular formula is C7H11ClN4. The van der Waals surface area contributed by atoms with Crippen LogP contribution in [0.2, 0.25) is 0 Å². The predicted molar refractivity (Wildman–Crippen MR) is 52.9 cm³/mol. The number of rotatable bonds is 0. The van der Waals surface area contributed by atoms with Crippen molar-refractivity contribution in [3.63, 3.8) is 0 Å². The quantitative estimate of drug-likeness (QED) is 0.564. The Balaban J connectivity index is 0.000000720. The van der Waals surface area contributed by atoms with E-state index in [1.807, 2.05) is 6.07 Å². The highest BCUT2D eigenvalue weighted by molar-refractivity contribution is 5.85. The first-order chi connectivity index (χ1) is 5.36. The van der Waals surface area contributed by atoms with E-state index in [2.05, 4.69) is 15.6 Å². The lowest BCUT2D eigenvalue weighted by atomic mass is 10.3. The van der Waals surface area contributed by atoms with E-state index in [1.54, 1.807) is 6.20 Å². The Morgan fingerprint density at radius 1 is 1.33 bits per heavy atom. The van der Waals surface area contributed by atoms with Gasteiger partial charge in [-0.1, -0.05) is 0 Å². The first-order valence-corrected chi connectivity index (χ1v) is 3.59. The molecule has 0 spiro atoms. The van der Waals surface area contributed by atoms with E-state index < -0.39 is 0 Å². The molecule has 4 N–H and O–H groups in total. The van der Waals surface area contributed by atoms with Crippen LogP contribution in [0.1, 0.15) is 0 Å². The number of nitrogens with one attached hydrogen (secondary N) is 2. The molecule has 0 unspecified atom stereocenters. The summed E-state index contributed by atoms with van der Waals surface area (Å²) in [5, 5.41) is 6.36. The summed E-state index contributed by atoms with van der Waals surface area (Å²) in [5.41, 5.74) is 7.24. The second kappa shape index (κ2) is 3.49. The molecule has 5 heteroatoms. The molecule has 0 atom stereocenters. The van der Waals surface area contributed by atoms with Crippen LogP contribution in [0.3, 0.4) is 0 Å². The minimum atomic E-state index is 0. The van der Waals surface area contributed by atoms with Gasteiger partial charge >= 0.3 is 0 Å². The molecular weight excluding hydrogens is 176 g/mol. The van der Waals surface area contributed by atoms with Gasteiger partial charge in [0.2, 0.25) is 0 Å². The van der Waals surface area contributed by atoms with Gasteiger partial charge < -0.3 is 16.4 Å². The van der Waals surface area contributed by atoms with Crippen LogP contribution >= 0.6 is 12.4 Å². The zero-order valence-corrected chi connectivity index (χ0v) is 7.32. The molecule has 0 bridgehead atoms.